The summed E-state index contributed by atoms with van der Waals surface area (Å²) in [5.41, 5.74) is 2.08. The van der Waals surface area contributed by atoms with E-state index >= 15 is 0 Å². The molecule has 0 saturated heterocycles. The summed E-state index contributed by atoms with van der Waals surface area (Å²) in [5.74, 6) is 0.776. The van der Waals surface area contributed by atoms with Crippen LogP contribution in [-0.2, 0) is 6.61 Å². The molecule has 0 spiro atoms. The number of rotatable bonds is 5. The maximum absolute atomic E-state index is 11.8. The summed E-state index contributed by atoms with van der Waals surface area (Å²) in [7, 11) is 2.96. The van der Waals surface area contributed by atoms with Gasteiger partial charge in [-0.2, -0.15) is 0 Å². The van der Waals surface area contributed by atoms with E-state index in [1.165, 1.54) is 11.9 Å². The highest BCUT2D eigenvalue weighted by molar-refractivity contribution is 5.73. The molecular formula is C18H22N2O3. The van der Waals surface area contributed by atoms with E-state index in [2.05, 4.69) is 0 Å². The van der Waals surface area contributed by atoms with Crippen LogP contribution in [0.1, 0.15) is 24.1 Å². The average molecular weight is 314 g/mol. The monoisotopic (exact) mass is 314 g/mol. The molecule has 122 valence electrons. The van der Waals surface area contributed by atoms with Crippen molar-refractivity contribution in [3.63, 3.8) is 0 Å². The van der Waals surface area contributed by atoms with E-state index in [0.29, 0.717) is 11.7 Å². The van der Waals surface area contributed by atoms with Gasteiger partial charge in [0, 0.05) is 14.1 Å². The van der Waals surface area contributed by atoms with Crippen LogP contribution in [0, 0.1) is 0 Å². The fourth-order valence-electron chi connectivity index (χ4n) is 2.20. The Morgan fingerprint density at radius 2 is 1.70 bits per heavy atom. The lowest BCUT2D eigenvalue weighted by molar-refractivity contribution is -0.0344. The number of nitrogens with zero attached hydrogens (tertiary/aromatic N) is 2. The van der Waals surface area contributed by atoms with Crippen molar-refractivity contribution in [2.75, 3.05) is 14.1 Å². The van der Waals surface area contributed by atoms with Gasteiger partial charge in [0.2, 0.25) is 0 Å². The van der Waals surface area contributed by atoms with Gasteiger partial charge in [-0.1, -0.05) is 42.5 Å². The lowest BCUT2D eigenvalue weighted by Gasteiger charge is -2.27. The first-order valence-corrected chi connectivity index (χ1v) is 7.45. The van der Waals surface area contributed by atoms with Crippen molar-refractivity contribution in [3.05, 3.63) is 65.7 Å². The average Bonchev–Trinajstić information content (AvgIpc) is 2.59. The Bertz CT molecular complexity index is 626. The van der Waals surface area contributed by atoms with Crippen LogP contribution in [0.3, 0.4) is 0 Å². The van der Waals surface area contributed by atoms with E-state index in [0.717, 1.165) is 16.9 Å². The van der Waals surface area contributed by atoms with Gasteiger partial charge in [0.1, 0.15) is 12.4 Å². The first kappa shape index (κ1) is 16.8. The number of amides is 2. The van der Waals surface area contributed by atoms with Crippen molar-refractivity contribution >= 4 is 6.03 Å². The molecule has 1 N–H and O–H groups in total. The Hall–Kier alpha value is -2.53. The highest BCUT2D eigenvalue weighted by Crippen LogP contribution is 2.22. The normalized spacial score (nSPS) is 11.7. The number of urea groups is 1. The van der Waals surface area contributed by atoms with Gasteiger partial charge in [-0.3, -0.25) is 5.21 Å². The molecule has 1 atom stereocenters. The SMILES string of the molecule is CC(c1ccc(OCc2ccccc2)cc1)N(C)C(=O)N(C)O. The molecule has 0 radical (unpaired) electrons. The number of carbonyl (C=O) groups is 1. The molecule has 0 fully saturated rings. The lowest BCUT2D eigenvalue weighted by Crippen LogP contribution is -2.38. The third-order valence-electron chi connectivity index (χ3n) is 3.77. The largest absolute Gasteiger partial charge is 0.489 e. The molecule has 2 aromatic carbocycles. The first-order valence-electron chi connectivity index (χ1n) is 7.45. The third kappa shape index (κ3) is 4.47. The summed E-state index contributed by atoms with van der Waals surface area (Å²) in [6.07, 6.45) is 0. The Morgan fingerprint density at radius 1 is 1.09 bits per heavy atom. The minimum absolute atomic E-state index is 0.153. The summed E-state index contributed by atoms with van der Waals surface area (Å²) < 4.78 is 5.74. The first-order chi connectivity index (χ1) is 11.0. The molecule has 5 heteroatoms. The lowest BCUT2D eigenvalue weighted by atomic mass is 10.1. The number of benzene rings is 2. The molecular weight excluding hydrogens is 292 g/mol. The van der Waals surface area contributed by atoms with Crippen molar-refractivity contribution in [1.82, 2.24) is 9.96 Å². The molecule has 0 heterocycles. The van der Waals surface area contributed by atoms with E-state index < -0.39 is 6.03 Å². The Kier molecular flexibility index (Phi) is 5.60. The van der Waals surface area contributed by atoms with Gasteiger partial charge in [-0.05, 0) is 30.2 Å². The second-order valence-corrected chi connectivity index (χ2v) is 5.44. The zero-order valence-corrected chi connectivity index (χ0v) is 13.6. The maximum atomic E-state index is 11.8. The maximum Gasteiger partial charge on any atom is 0.343 e. The number of carbonyl (C=O) groups excluding carboxylic acids is 1. The molecule has 2 rings (SSSR count). The summed E-state index contributed by atoms with van der Waals surface area (Å²) in [6, 6.07) is 17.0. The van der Waals surface area contributed by atoms with E-state index in [1.807, 2.05) is 61.5 Å². The van der Waals surface area contributed by atoms with Crippen molar-refractivity contribution in [2.24, 2.45) is 0 Å². The minimum Gasteiger partial charge on any atom is -0.489 e. The molecule has 0 saturated carbocycles. The van der Waals surface area contributed by atoms with Crippen molar-refractivity contribution in [1.29, 1.82) is 0 Å². The van der Waals surface area contributed by atoms with E-state index in [9.17, 15) is 10.0 Å². The molecule has 0 aliphatic rings. The predicted octanol–water partition coefficient (Wildman–Crippen LogP) is 3.70. The van der Waals surface area contributed by atoms with Crippen molar-refractivity contribution < 1.29 is 14.7 Å². The van der Waals surface area contributed by atoms with Gasteiger partial charge in [0.05, 0.1) is 6.04 Å². The topological polar surface area (TPSA) is 53.0 Å². The zero-order valence-electron chi connectivity index (χ0n) is 13.6. The van der Waals surface area contributed by atoms with E-state index in [1.54, 1.807) is 7.05 Å². The highest BCUT2D eigenvalue weighted by atomic mass is 16.5. The number of hydrogen-bond donors (Lipinski definition) is 1. The standard InChI is InChI=1S/C18H22N2O3/c1-14(19(2)18(21)20(3)22)16-9-11-17(12-10-16)23-13-15-7-5-4-6-8-15/h4-12,14,22H,13H2,1-3H3. The van der Waals surface area contributed by atoms with E-state index in [-0.39, 0.29) is 6.04 Å². The van der Waals surface area contributed by atoms with Gasteiger partial charge in [0.25, 0.3) is 0 Å². The van der Waals surface area contributed by atoms with Gasteiger partial charge in [-0.15, -0.1) is 0 Å². The molecule has 2 aromatic rings. The minimum atomic E-state index is -0.457. The fourth-order valence-corrected chi connectivity index (χ4v) is 2.20. The molecule has 0 aromatic heterocycles. The Morgan fingerprint density at radius 3 is 2.26 bits per heavy atom. The zero-order chi connectivity index (χ0) is 16.8. The molecule has 1 unspecified atom stereocenters. The van der Waals surface area contributed by atoms with E-state index in [4.69, 9.17) is 4.74 Å². The molecule has 2 amide bonds. The van der Waals surface area contributed by atoms with Gasteiger partial charge >= 0.3 is 6.03 Å². The van der Waals surface area contributed by atoms with Crippen LogP contribution in [0.25, 0.3) is 0 Å². The van der Waals surface area contributed by atoms with Crippen LogP contribution < -0.4 is 4.74 Å². The van der Waals surface area contributed by atoms with Gasteiger partial charge < -0.3 is 9.64 Å². The molecule has 0 aliphatic carbocycles. The molecule has 5 nitrogen and oxygen atoms in total. The number of ether oxygens (including phenoxy) is 1. The molecule has 0 aliphatic heterocycles. The number of hydroxylamine groups is 2. The van der Waals surface area contributed by atoms with Crippen LogP contribution in [0.2, 0.25) is 0 Å². The highest BCUT2D eigenvalue weighted by Gasteiger charge is 2.19. The quantitative estimate of drug-likeness (QED) is 0.676. The Labute approximate surface area is 136 Å². The van der Waals surface area contributed by atoms with Crippen molar-refractivity contribution in [3.8, 4) is 5.75 Å². The Balaban J connectivity index is 1.97. The van der Waals surface area contributed by atoms with Crippen LogP contribution in [0.5, 0.6) is 5.75 Å². The van der Waals surface area contributed by atoms with Crippen LogP contribution in [0.15, 0.2) is 54.6 Å². The van der Waals surface area contributed by atoms with Crippen LogP contribution in [0.4, 0.5) is 4.79 Å². The molecule has 0 bridgehead atoms. The van der Waals surface area contributed by atoms with Gasteiger partial charge in [-0.25, -0.2) is 9.86 Å². The van der Waals surface area contributed by atoms with Gasteiger partial charge in [0.15, 0.2) is 0 Å². The second kappa shape index (κ2) is 7.65. The van der Waals surface area contributed by atoms with Crippen LogP contribution >= 0.6 is 0 Å². The summed E-state index contributed by atoms with van der Waals surface area (Å²) >= 11 is 0. The molecule has 23 heavy (non-hydrogen) atoms. The summed E-state index contributed by atoms with van der Waals surface area (Å²) in [6.45, 7) is 2.42. The summed E-state index contributed by atoms with van der Waals surface area (Å²) in [4.78, 5) is 13.2. The third-order valence-corrected chi connectivity index (χ3v) is 3.77. The van der Waals surface area contributed by atoms with Crippen molar-refractivity contribution in [2.45, 2.75) is 19.6 Å². The summed E-state index contributed by atoms with van der Waals surface area (Å²) in [5, 5.41) is 9.81. The van der Waals surface area contributed by atoms with Crippen LogP contribution in [-0.4, -0.2) is 35.3 Å². The second-order valence-electron chi connectivity index (χ2n) is 5.44. The smallest absolute Gasteiger partial charge is 0.343 e. The predicted molar refractivity (Wildman–Crippen MR) is 88.3 cm³/mol. The number of hydrogen-bond acceptors (Lipinski definition) is 3. The fraction of sp³-hybridized carbons (Fsp3) is 0.278.